The van der Waals surface area contributed by atoms with E-state index in [-0.39, 0.29) is 24.0 Å². The van der Waals surface area contributed by atoms with E-state index in [1.807, 2.05) is 7.05 Å². The SMILES string of the molecule is CN=C(N(C)C)N1CCC2(CCCN(Cc3ccccc3)C2)C1.I. The van der Waals surface area contributed by atoms with Crippen LogP contribution in [0, 0.1) is 5.41 Å². The van der Waals surface area contributed by atoms with Crippen LogP contribution in [0.4, 0.5) is 0 Å². The smallest absolute Gasteiger partial charge is 0.195 e. The number of hydrogen-bond acceptors (Lipinski definition) is 2. The van der Waals surface area contributed by atoms with E-state index in [9.17, 15) is 0 Å². The van der Waals surface area contributed by atoms with E-state index < -0.39 is 0 Å². The van der Waals surface area contributed by atoms with Gasteiger partial charge >= 0.3 is 0 Å². The summed E-state index contributed by atoms with van der Waals surface area (Å²) in [5.74, 6) is 1.13. The first kappa shape index (κ1) is 19.5. The van der Waals surface area contributed by atoms with E-state index >= 15 is 0 Å². The van der Waals surface area contributed by atoms with Crippen molar-refractivity contribution in [1.29, 1.82) is 0 Å². The third kappa shape index (κ3) is 4.42. The Morgan fingerprint density at radius 2 is 1.88 bits per heavy atom. The number of likely N-dealkylation sites (tertiary alicyclic amines) is 2. The van der Waals surface area contributed by atoms with Crippen LogP contribution in [0.25, 0.3) is 0 Å². The van der Waals surface area contributed by atoms with Crippen molar-refractivity contribution in [2.45, 2.75) is 25.8 Å². The van der Waals surface area contributed by atoms with E-state index in [4.69, 9.17) is 0 Å². The highest BCUT2D eigenvalue weighted by Crippen LogP contribution is 2.39. The quantitative estimate of drug-likeness (QED) is 0.399. The van der Waals surface area contributed by atoms with E-state index in [1.54, 1.807) is 0 Å². The summed E-state index contributed by atoms with van der Waals surface area (Å²) < 4.78 is 0. The Bertz CT molecular complexity index is 546. The minimum absolute atomic E-state index is 0. The maximum atomic E-state index is 4.49. The minimum Gasteiger partial charge on any atom is -0.349 e. The van der Waals surface area contributed by atoms with Gasteiger partial charge in [0, 0.05) is 52.7 Å². The standard InChI is InChI=1S/C19H30N4.HI/c1-20-18(21(2)3)23-13-11-19(16-23)10-7-12-22(15-19)14-17-8-5-4-6-9-17;/h4-6,8-9H,7,10-16H2,1-3H3;1H. The lowest BCUT2D eigenvalue weighted by Gasteiger charge is -2.40. The number of halogens is 1. The Balaban J connectivity index is 0.00000208. The molecule has 0 bridgehead atoms. The van der Waals surface area contributed by atoms with E-state index in [0.29, 0.717) is 5.41 Å². The van der Waals surface area contributed by atoms with E-state index in [2.05, 4.69) is 64.1 Å². The maximum Gasteiger partial charge on any atom is 0.195 e. The summed E-state index contributed by atoms with van der Waals surface area (Å²) in [4.78, 5) is 11.8. The number of benzene rings is 1. The molecule has 2 heterocycles. The third-order valence-electron chi connectivity index (χ3n) is 5.31. The van der Waals surface area contributed by atoms with Gasteiger partial charge in [-0.05, 0) is 31.4 Å². The predicted octanol–water partition coefficient (Wildman–Crippen LogP) is 3.14. The van der Waals surface area contributed by atoms with Gasteiger partial charge in [-0.1, -0.05) is 30.3 Å². The third-order valence-corrected chi connectivity index (χ3v) is 5.31. The lowest BCUT2D eigenvalue weighted by molar-refractivity contribution is 0.0921. The van der Waals surface area contributed by atoms with Gasteiger partial charge in [-0.2, -0.15) is 0 Å². The fourth-order valence-electron chi connectivity index (χ4n) is 4.35. The first-order chi connectivity index (χ1) is 11.1. The van der Waals surface area contributed by atoms with Gasteiger partial charge in [0.2, 0.25) is 0 Å². The number of aliphatic imine (C=N–C) groups is 1. The van der Waals surface area contributed by atoms with Crippen LogP contribution < -0.4 is 0 Å². The molecule has 2 fully saturated rings. The topological polar surface area (TPSA) is 22.1 Å². The Morgan fingerprint density at radius 1 is 1.12 bits per heavy atom. The summed E-state index contributed by atoms with van der Waals surface area (Å²) in [6.45, 7) is 5.85. The first-order valence-corrected chi connectivity index (χ1v) is 8.77. The zero-order valence-electron chi connectivity index (χ0n) is 15.2. The summed E-state index contributed by atoms with van der Waals surface area (Å²) in [5, 5.41) is 0. The molecular weight excluding hydrogens is 411 g/mol. The average Bonchev–Trinajstić information content (AvgIpc) is 2.92. The molecule has 1 unspecified atom stereocenters. The Hall–Kier alpha value is -0.820. The molecule has 134 valence electrons. The van der Waals surface area contributed by atoms with Crippen molar-refractivity contribution >= 4 is 29.9 Å². The maximum absolute atomic E-state index is 4.49. The predicted molar refractivity (Wildman–Crippen MR) is 112 cm³/mol. The van der Waals surface area contributed by atoms with Crippen molar-refractivity contribution < 1.29 is 0 Å². The largest absolute Gasteiger partial charge is 0.349 e. The molecule has 3 rings (SSSR count). The summed E-state index contributed by atoms with van der Waals surface area (Å²) in [7, 11) is 6.09. The first-order valence-electron chi connectivity index (χ1n) is 8.77. The van der Waals surface area contributed by atoms with Gasteiger partial charge in [-0.3, -0.25) is 9.89 Å². The summed E-state index contributed by atoms with van der Waals surface area (Å²) >= 11 is 0. The monoisotopic (exact) mass is 442 g/mol. The lowest BCUT2D eigenvalue weighted by Crippen LogP contribution is -2.46. The molecule has 1 spiro atoms. The van der Waals surface area contributed by atoms with E-state index in [0.717, 1.165) is 25.6 Å². The molecule has 4 nitrogen and oxygen atoms in total. The van der Waals surface area contributed by atoms with Crippen LogP contribution in [-0.4, -0.2) is 68.0 Å². The molecule has 0 aromatic heterocycles. The van der Waals surface area contributed by atoms with Crippen LogP contribution >= 0.6 is 24.0 Å². The van der Waals surface area contributed by atoms with Gasteiger partial charge in [0.15, 0.2) is 5.96 Å². The second kappa shape index (κ2) is 8.52. The van der Waals surface area contributed by atoms with Gasteiger partial charge in [0.25, 0.3) is 0 Å². The van der Waals surface area contributed by atoms with Crippen molar-refractivity contribution in [1.82, 2.24) is 14.7 Å². The average molecular weight is 442 g/mol. The second-order valence-electron chi connectivity index (χ2n) is 7.39. The number of nitrogens with zero attached hydrogens (tertiary/aromatic N) is 4. The van der Waals surface area contributed by atoms with Crippen LogP contribution in [-0.2, 0) is 6.54 Å². The van der Waals surface area contributed by atoms with Crippen molar-refractivity contribution in [3.8, 4) is 0 Å². The second-order valence-corrected chi connectivity index (χ2v) is 7.39. The van der Waals surface area contributed by atoms with Gasteiger partial charge in [-0.15, -0.1) is 24.0 Å². The molecular formula is C19H31IN4. The molecule has 2 saturated heterocycles. The van der Waals surface area contributed by atoms with Crippen molar-refractivity contribution in [3.63, 3.8) is 0 Å². The van der Waals surface area contributed by atoms with Gasteiger partial charge < -0.3 is 9.80 Å². The van der Waals surface area contributed by atoms with Crippen molar-refractivity contribution in [2.75, 3.05) is 47.3 Å². The fraction of sp³-hybridized carbons (Fsp3) is 0.632. The number of guanidine groups is 1. The van der Waals surface area contributed by atoms with Crippen LogP contribution in [0.1, 0.15) is 24.8 Å². The van der Waals surface area contributed by atoms with E-state index in [1.165, 1.54) is 37.9 Å². The zero-order valence-corrected chi connectivity index (χ0v) is 17.6. The van der Waals surface area contributed by atoms with Crippen molar-refractivity contribution in [3.05, 3.63) is 35.9 Å². The molecule has 5 heteroatoms. The highest BCUT2D eigenvalue weighted by atomic mass is 127. The van der Waals surface area contributed by atoms with Crippen LogP contribution in [0.5, 0.6) is 0 Å². The van der Waals surface area contributed by atoms with Gasteiger partial charge in [-0.25, -0.2) is 0 Å². The molecule has 24 heavy (non-hydrogen) atoms. The van der Waals surface area contributed by atoms with Crippen LogP contribution in [0.2, 0.25) is 0 Å². The highest BCUT2D eigenvalue weighted by Gasteiger charge is 2.42. The van der Waals surface area contributed by atoms with Gasteiger partial charge in [0.1, 0.15) is 0 Å². The fourth-order valence-corrected chi connectivity index (χ4v) is 4.35. The molecule has 0 amide bonds. The highest BCUT2D eigenvalue weighted by molar-refractivity contribution is 14.0. The summed E-state index contributed by atoms with van der Waals surface area (Å²) in [6, 6.07) is 10.9. The number of rotatable bonds is 2. The minimum atomic E-state index is 0. The van der Waals surface area contributed by atoms with Crippen molar-refractivity contribution in [2.24, 2.45) is 10.4 Å². The molecule has 1 aromatic carbocycles. The summed E-state index contributed by atoms with van der Waals surface area (Å²) in [5.41, 5.74) is 1.89. The molecule has 0 aliphatic carbocycles. The van der Waals surface area contributed by atoms with Crippen LogP contribution in [0.3, 0.4) is 0 Å². The molecule has 1 aromatic rings. The van der Waals surface area contributed by atoms with Crippen LogP contribution in [0.15, 0.2) is 35.3 Å². The summed E-state index contributed by atoms with van der Waals surface area (Å²) in [6.07, 6.45) is 3.98. The lowest BCUT2D eigenvalue weighted by atomic mass is 9.79. The Kier molecular flexibility index (Phi) is 6.92. The molecule has 0 radical (unpaired) electrons. The Morgan fingerprint density at radius 3 is 2.54 bits per heavy atom. The zero-order chi connectivity index (χ0) is 16.3. The number of piperidine rings is 1. The molecule has 2 aliphatic heterocycles. The molecule has 1 atom stereocenters. The van der Waals surface area contributed by atoms with Gasteiger partial charge in [0.05, 0.1) is 0 Å². The molecule has 0 N–H and O–H groups in total. The Labute approximate surface area is 163 Å². The normalized spacial score (nSPS) is 25.0. The molecule has 0 saturated carbocycles. The number of hydrogen-bond donors (Lipinski definition) is 0. The molecule has 2 aliphatic rings.